The topological polar surface area (TPSA) is 49.0 Å². The van der Waals surface area contributed by atoms with Crippen LogP contribution in [0.25, 0.3) is 10.8 Å². The normalized spacial score (nSPS) is 15.5. The van der Waals surface area contributed by atoms with Crippen molar-refractivity contribution >= 4 is 10.8 Å². The van der Waals surface area contributed by atoms with Crippen molar-refractivity contribution in [3.63, 3.8) is 0 Å². The van der Waals surface area contributed by atoms with Gasteiger partial charge in [-0.3, -0.25) is 0 Å². The van der Waals surface area contributed by atoms with E-state index in [1.54, 1.807) is 7.11 Å². The lowest BCUT2D eigenvalue weighted by Gasteiger charge is -2.26. The van der Waals surface area contributed by atoms with Crippen LogP contribution in [0.2, 0.25) is 0 Å². The molecule has 0 aromatic heterocycles. The molecular weight excluding hydrogens is 342 g/mol. The summed E-state index contributed by atoms with van der Waals surface area (Å²) in [5, 5.41) is 5.56. The van der Waals surface area contributed by atoms with E-state index in [1.807, 2.05) is 54.6 Å². The summed E-state index contributed by atoms with van der Waals surface area (Å²) < 4.78 is 23.2. The molecule has 140 valence electrons. The fourth-order valence-corrected chi connectivity index (χ4v) is 3.18. The van der Waals surface area contributed by atoms with Gasteiger partial charge in [0, 0.05) is 18.5 Å². The van der Waals surface area contributed by atoms with Crippen LogP contribution in [0.5, 0.6) is 23.0 Å². The maximum absolute atomic E-state index is 6.03. The Bertz CT molecular complexity index is 912. The van der Waals surface area contributed by atoms with Crippen molar-refractivity contribution < 1.29 is 18.9 Å². The standard InChI is InChI=1S/C22H23NO4/c1-24-21-11-10-16-6-2-3-7-18(16)22(21)25-13-12-23-14-17-15-26-19-8-4-5-9-20(19)27-17/h2-11,17,23H,12-15H2,1H3/t17-/m0/s1. The van der Waals surface area contributed by atoms with Gasteiger partial charge in [-0.25, -0.2) is 0 Å². The lowest BCUT2D eigenvalue weighted by molar-refractivity contribution is 0.0897. The van der Waals surface area contributed by atoms with Crippen molar-refractivity contribution in [1.82, 2.24) is 5.32 Å². The zero-order chi connectivity index (χ0) is 18.5. The minimum absolute atomic E-state index is 0.00742. The number of nitrogens with one attached hydrogen (secondary N) is 1. The van der Waals surface area contributed by atoms with Crippen molar-refractivity contribution in [3.05, 3.63) is 60.7 Å². The first-order valence-corrected chi connectivity index (χ1v) is 9.13. The second-order valence-electron chi connectivity index (χ2n) is 6.37. The van der Waals surface area contributed by atoms with Gasteiger partial charge in [0.05, 0.1) is 7.11 Å². The number of para-hydroxylation sites is 2. The predicted molar refractivity (Wildman–Crippen MR) is 105 cm³/mol. The molecule has 0 bridgehead atoms. The van der Waals surface area contributed by atoms with Crippen molar-refractivity contribution in [2.24, 2.45) is 0 Å². The first kappa shape index (κ1) is 17.5. The lowest BCUT2D eigenvalue weighted by atomic mass is 10.1. The Hall–Kier alpha value is -2.92. The smallest absolute Gasteiger partial charge is 0.169 e. The highest BCUT2D eigenvalue weighted by Gasteiger charge is 2.19. The zero-order valence-electron chi connectivity index (χ0n) is 15.3. The Morgan fingerprint density at radius 2 is 1.81 bits per heavy atom. The SMILES string of the molecule is COc1ccc2ccccc2c1OCCNC[C@H]1COc2ccccc2O1. The van der Waals surface area contributed by atoms with Crippen LogP contribution < -0.4 is 24.3 Å². The Balaban J connectivity index is 1.29. The molecule has 0 saturated heterocycles. The second kappa shape index (κ2) is 8.18. The minimum Gasteiger partial charge on any atom is -0.493 e. The molecule has 3 aromatic rings. The molecule has 3 aromatic carbocycles. The molecule has 1 heterocycles. The summed E-state index contributed by atoms with van der Waals surface area (Å²) >= 11 is 0. The second-order valence-corrected chi connectivity index (χ2v) is 6.37. The van der Waals surface area contributed by atoms with Crippen LogP contribution in [0.1, 0.15) is 0 Å². The van der Waals surface area contributed by atoms with Crippen LogP contribution in [0, 0.1) is 0 Å². The number of fused-ring (bicyclic) bond motifs is 2. The maximum Gasteiger partial charge on any atom is 0.169 e. The van der Waals surface area contributed by atoms with E-state index in [1.165, 1.54) is 0 Å². The third-order valence-corrected chi connectivity index (χ3v) is 4.53. The lowest BCUT2D eigenvalue weighted by Crippen LogP contribution is -2.39. The Kier molecular flexibility index (Phi) is 5.30. The third kappa shape index (κ3) is 3.93. The Morgan fingerprint density at radius 1 is 1.00 bits per heavy atom. The van der Waals surface area contributed by atoms with E-state index in [0.29, 0.717) is 26.3 Å². The number of benzene rings is 3. The van der Waals surface area contributed by atoms with Gasteiger partial charge in [0.25, 0.3) is 0 Å². The molecule has 1 atom stereocenters. The molecule has 4 rings (SSSR count). The van der Waals surface area contributed by atoms with E-state index in [-0.39, 0.29) is 6.10 Å². The largest absolute Gasteiger partial charge is 0.493 e. The summed E-state index contributed by atoms with van der Waals surface area (Å²) in [6.07, 6.45) is -0.00742. The molecule has 0 spiro atoms. The molecular formula is C22H23NO4. The number of rotatable bonds is 7. The molecule has 0 saturated carbocycles. The number of hydrogen-bond donors (Lipinski definition) is 1. The quantitative estimate of drug-likeness (QED) is 0.648. The van der Waals surface area contributed by atoms with E-state index < -0.39 is 0 Å². The predicted octanol–water partition coefficient (Wildman–Crippen LogP) is 3.66. The highest BCUT2D eigenvalue weighted by Crippen LogP contribution is 2.35. The molecule has 0 radical (unpaired) electrons. The van der Waals surface area contributed by atoms with Gasteiger partial charge in [-0.05, 0) is 23.6 Å². The highest BCUT2D eigenvalue weighted by atomic mass is 16.6. The van der Waals surface area contributed by atoms with Crippen LogP contribution in [-0.2, 0) is 0 Å². The van der Waals surface area contributed by atoms with Gasteiger partial charge in [-0.1, -0.05) is 42.5 Å². The van der Waals surface area contributed by atoms with E-state index in [2.05, 4.69) is 11.4 Å². The molecule has 27 heavy (non-hydrogen) atoms. The van der Waals surface area contributed by atoms with Crippen LogP contribution in [0.3, 0.4) is 0 Å². The molecule has 5 nitrogen and oxygen atoms in total. The number of ether oxygens (including phenoxy) is 4. The van der Waals surface area contributed by atoms with Gasteiger partial charge in [0.15, 0.2) is 23.0 Å². The van der Waals surface area contributed by atoms with Crippen LogP contribution in [0.15, 0.2) is 60.7 Å². The molecule has 0 unspecified atom stereocenters. The summed E-state index contributed by atoms with van der Waals surface area (Å²) in [5.74, 6) is 3.13. The summed E-state index contributed by atoms with van der Waals surface area (Å²) in [7, 11) is 1.66. The number of hydrogen-bond acceptors (Lipinski definition) is 5. The molecule has 5 heteroatoms. The third-order valence-electron chi connectivity index (χ3n) is 4.53. The van der Waals surface area contributed by atoms with Gasteiger partial charge in [0.1, 0.15) is 19.3 Å². The van der Waals surface area contributed by atoms with Crippen molar-refractivity contribution in [2.45, 2.75) is 6.10 Å². The summed E-state index contributed by atoms with van der Waals surface area (Å²) in [4.78, 5) is 0. The zero-order valence-corrected chi connectivity index (χ0v) is 15.3. The Morgan fingerprint density at radius 3 is 2.70 bits per heavy atom. The molecule has 1 aliphatic rings. The van der Waals surface area contributed by atoms with Gasteiger partial charge < -0.3 is 24.3 Å². The summed E-state index contributed by atoms with van der Waals surface area (Å²) in [6.45, 7) is 2.48. The average molecular weight is 365 g/mol. The van der Waals surface area contributed by atoms with Crippen LogP contribution in [0.4, 0.5) is 0 Å². The molecule has 0 fully saturated rings. The molecule has 1 N–H and O–H groups in total. The fraction of sp³-hybridized carbons (Fsp3) is 0.273. The monoisotopic (exact) mass is 365 g/mol. The first-order chi connectivity index (χ1) is 13.3. The minimum atomic E-state index is -0.00742. The fourth-order valence-electron chi connectivity index (χ4n) is 3.18. The van der Waals surface area contributed by atoms with E-state index in [0.717, 1.165) is 33.8 Å². The van der Waals surface area contributed by atoms with Crippen molar-refractivity contribution in [3.8, 4) is 23.0 Å². The highest BCUT2D eigenvalue weighted by molar-refractivity contribution is 5.90. The van der Waals surface area contributed by atoms with Crippen LogP contribution in [-0.4, -0.2) is 39.5 Å². The molecule has 1 aliphatic heterocycles. The van der Waals surface area contributed by atoms with Gasteiger partial charge in [-0.2, -0.15) is 0 Å². The van der Waals surface area contributed by atoms with Crippen molar-refractivity contribution in [2.75, 3.05) is 33.4 Å². The van der Waals surface area contributed by atoms with Gasteiger partial charge in [0.2, 0.25) is 0 Å². The van der Waals surface area contributed by atoms with Gasteiger partial charge in [-0.15, -0.1) is 0 Å². The summed E-state index contributed by atoms with van der Waals surface area (Å²) in [6, 6.07) is 19.9. The molecule has 0 amide bonds. The van der Waals surface area contributed by atoms with E-state index in [4.69, 9.17) is 18.9 Å². The Labute approximate surface area is 158 Å². The average Bonchev–Trinajstić information content (AvgIpc) is 2.73. The maximum atomic E-state index is 6.03. The van der Waals surface area contributed by atoms with Crippen molar-refractivity contribution in [1.29, 1.82) is 0 Å². The van der Waals surface area contributed by atoms with Crippen LogP contribution >= 0.6 is 0 Å². The molecule has 0 aliphatic carbocycles. The van der Waals surface area contributed by atoms with E-state index in [9.17, 15) is 0 Å². The number of methoxy groups -OCH3 is 1. The van der Waals surface area contributed by atoms with Gasteiger partial charge >= 0.3 is 0 Å². The summed E-state index contributed by atoms with van der Waals surface area (Å²) in [5.41, 5.74) is 0. The first-order valence-electron chi connectivity index (χ1n) is 9.13. The van der Waals surface area contributed by atoms with E-state index >= 15 is 0 Å².